The summed E-state index contributed by atoms with van der Waals surface area (Å²) in [6.45, 7) is 3.99. The lowest BCUT2D eigenvalue weighted by atomic mass is 9.78. The first-order valence-electron chi connectivity index (χ1n) is 8.04. The Morgan fingerprint density at radius 3 is 2.73 bits per heavy atom. The maximum atomic E-state index is 13.5. The van der Waals surface area contributed by atoms with Gasteiger partial charge in [0.1, 0.15) is 5.82 Å². The Bertz CT molecular complexity index is 521. The number of thioether (sulfide) groups is 1. The predicted octanol–water partition coefficient (Wildman–Crippen LogP) is 2.91. The van der Waals surface area contributed by atoms with Gasteiger partial charge in [0, 0.05) is 36.7 Å². The van der Waals surface area contributed by atoms with E-state index < -0.39 is 0 Å². The van der Waals surface area contributed by atoms with E-state index in [9.17, 15) is 9.18 Å². The van der Waals surface area contributed by atoms with Gasteiger partial charge in [0.05, 0.1) is 0 Å². The van der Waals surface area contributed by atoms with Crippen molar-refractivity contribution in [2.45, 2.75) is 30.6 Å². The zero-order valence-corrected chi connectivity index (χ0v) is 13.6. The van der Waals surface area contributed by atoms with Crippen molar-refractivity contribution in [3.8, 4) is 0 Å². The van der Waals surface area contributed by atoms with Gasteiger partial charge in [0.25, 0.3) is 0 Å². The highest BCUT2D eigenvalue weighted by molar-refractivity contribution is 7.99. The van der Waals surface area contributed by atoms with E-state index in [1.54, 1.807) is 12.1 Å². The molecule has 2 saturated heterocycles. The van der Waals surface area contributed by atoms with E-state index in [-0.39, 0.29) is 11.7 Å². The third-order valence-electron chi connectivity index (χ3n) is 4.92. The molecular weight excluding hydrogens is 299 g/mol. The van der Waals surface area contributed by atoms with Gasteiger partial charge in [-0.1, -0.05) is 12.1 Å². The second-order valence-electron chi connectivity index (χ2n) is 6.34. The highest BCUT2D eigenvalue weighted by Crippen LogP contribution is 2.37. The fourth-order valence-corrected chi connectivity index (χ4v) is 4.30. The van der Waals surface area contributed by atoms with E-state index in [1.165, 1.54) is 24.2 Å². The van der Waals surface area contributed by atoms with Gasteiger partial charge in [0.15, 0.2) is 0 Å². The molecule has 3 rings (SSSR count). The number of nitrogens with zero attached hydrogens (tertiary/aromatic N) is 1. The Labute approximate surface area is 135 Å². The van der Waals surface area contributed by atoms with Crippen molar-refractivity contribution in [1.82, 2.24) is 10.2 Å². The zero-order chi connectivity index (χ0) is 15.4. The summed E-state index contributed by atoms with van der Waals surface area (Å²) in [4.78, 5) is 14.9. The van der Waals surface area contributed by atoms with Crippen LogP contribution in [0.25, 0.3) is 0 Å². The molecule has 0 saturated carbocycles. The second-order valence-corrected chi connectivity index (χ2v) is 7.47. The molecule has 0 radical (unpaired) electrons. The summed E-state index contributed by atoms with van der Waals surface area (Å²) in [7, 11) is 0. The molecule has 22 heavy (non-hydrogen) atoms. The highest BCUT2D eigenvalue weighted by Gasteiger charge is 2.37. The molecule has 120 valence electrons. The van der Waals surface area contributed by atoms with Crippen LogP contribution in [0, 0.1) is 11.2 Å². The molecule has 2 fully saturated rings. The monoisotopic (exact) mass is 322 g/mol. The van der Waals surface area contributed by atoms with Crippen LogP contribution in [-0.2, 0) is 4.79 Å². The molecular formula is C17H23FN2OS. The van der Waals surface area contributed by atoms with Crippen molar-refractivity contribution in [1.29, 1.82) is 0 Å². The van der Waals surface area contributed by atoms with Gasteiger partial charge in [-0.05, 0) is 43.4 Å². The smallest absolute Gasteiger partial charge is 0.223 e. The molecule has 2 aliphatic rings. The Morgan fingerprint density at radius 1 is 1.27 bits per heavy atom. The molecule has 0 bridgehead atoms. The lowest BCUT2D eigenvalue weighted by molar-refractivity contribution is -0.132. The third-order valence-corrected chi connectivity index (χ3v) is 5.97. The van der Waals surface area contributed by atoms with E-state index in [0.29, 0.717) is 22.5 Å². The van der Waals surface area contributed by atoms with Crippen LogP contribution >= 0.6 is 11.8 Å². The number of halogens is 1. The number of piperidine rings is 1. The van der Waals surface area contributed by atoms with Crippen molar-refractivity contribution < 1.29 is 9.18 Å². The molecule has 0 unspecified atom stereocenters. The molecule has 0 aliphatic carbocycles. The van der Waals surface area contributed by atoms with Gasteiger partial charge in [0.2, 0.25) is 5.91 Å². The summed E-state index contributed by atoms with van der Waals surface area (Å²) in [5.74, 6) is 0.654. The maximum Gasteiger partial charge on any atom is 0.223 e. The van der Waals surface area contributed by atoms with Crippen molar-refractivity contribution in [3.63, 3.8) is 0 Å². The summed E-state index contributed by atoms with van der Waals surface area (Å²) in [5, 5.41) is 3.44. The molecule has 1 amide bonds. The summed E-state index contributed by atoms with van der Waals surface area (Å²) in [5.41, 5.74) is 0.443. The summed E-state index contributed by atoms with van der Waals surface area (Å²) < 4.78 is 13.5. The second kappa shape index (κ2) is 7.01. The minimum atomic E-state index is -0.200. The largest absolute Gasteiger partial charge is 0.343 e. The van der Waals surface area contributed by atoms with E-state index in [4.69, 9.17) is 0 Å². The van der Waals surface area contributed by atoms with Gasteiger partial charge in [-0.25, -0.2) is 4.39 Å². The van der Waals surface area contributed by atoms with Crippen molar-refractivity contribution in [2.24, 2.45) is 5.41 Å². The zero-order valence-electron chi connectivity index (χ0n) is 12.8. The molecule has 1 aromatic rings. The molecule has 1 spiro atoms. The molecule has 2 aliphatic heterocycles. The molecule has 1 N–H and O–H groups in total. The lowest BCUT2D eigenvalue weighted by Crippen LogP contribution is -2.44. The lowest BCUT2D eigenvalue weighted by Gasteiger charge is -2.39. The van der Waals surface area contributed by atoms with Gasteiger partial charge in [-0.3, -0.25) is 4.79 Å². The summed E-state index contributed by atoms with van der Waals surface area (Å²) in [6, 6.07) is 6.74. The quantitative estimate of drug-likeness (QED) is 0.865. The van der Waals surface area contributed by atoms with Crippen LogP contribution in [0.5, 0.6) is 0 Å². The summed E-state index contributed by atoms with van der Waals surface area (Å²) >= 11 is 1.43. The van der Waals surface area contributed by atoms with Crippen LogP contribution in [0.1, 0.15) is 25.7 Å². The Kier molecular flexibility index (Phi) is 5.03. The van der Waals surface area contributed by atoms with Crippen LogP contribution in [0.15, 0.2) is 29.2 Å². The van der Waals surface area contributed by atoms with E-state index in [2.05, 4.69) is 5.32 Å². The van der Waals surface area contributed by atoms with Crippen LogP contribution in [0.2, 0.25) is 0 Å². The number of hydrogen-bond acceptors (Lipinski definition) is 3. The first kappa shape index (κ1) is 15.8. The maximum absolute atomic E-state index is 13.5. The van der Waals surface area contributed by atoms with Crippen LogP contribution in [-0.4, -0.2) is 42.7 Å². The summed E-state index contributed by atoms with van der Waals surface area (Å²) in [6.07, 6.45) is 3.97. The van der Waals surface area contributed by atoms with E-state index in [1.807, 2.05) is 11.0 Å². The number of hydrogen-bond donors (Lipinski definition) is 1. The average Bonchev–Trinajstić information content (AvgIpc) is 2.98. The topological polar surface area (TPSA) is 32.3 Å². The number of benzene rings is 1. The van der Waals surface area contributed by atoms with Crippen molar-refractivity contribution in [3.05, 3.63) is 30.1 Å². The number of carbonyl (C=O) groups is 1. The number of likely N-dealkylation sites (tertiary alicyclic amines) is 1. The highest BCUT2D eigenvalue weighted by atomic mass is 32.2. The Morgan fingerprint density at radius 2 is 2.05 bits per heavy atom. The molecule has 3 nitrogen and oxygen atoms in total. The molecule has 5 heteroatoms. The minimum Gasteiger partial charge on any atom is -0.343 e. The fourth-order valence-electron chi connectivity index (χ4n) is 3.42. The Balaban J connectivity index is 1.42. The molecule has 2 heterocycles. The SMILES string of the molecule is O=C(CCSc1ccccc1F)N1CCC2(CCNC2)CC1. The van der Waals surface area contributed by atoms with Gasteiger partial charge < -0.3 is 10.2 Å². The van der Waals surface area contributed by atoms with E-state index >= 15 is 0 Å². The normalized spacial score (nSPS) is 20.5. The minimum absolute atomic E-state index is 0.200. The standard InChI is InChI=1S/C17H23FN2OS/c18-14-3-1-2-4-15(14)22-12-5-16(21)20-10-7-17(8-11-20)6-9-19-13-17/h1-4,19H,5-13H2. The van der Waals surface area contributed by atoms with E-state index in [0.717, 1.165) is 39.0 Å². The van der Waals surface area contributed by atoms with Gasteiger partial charge in [-0.2, -0.15) is 0 Å². The first-order chi connectivity index (χ1) is 10.7. The number of amides is 1. The third kappa shape index (κ3) is 3.63. The molecule has 0 aromatic heterocycles. The van der Waals surface area contributed by atoms with Gasteiger partial charge in [-0.15, -0.1) is 11.8 Å². The van der Waals surface area contributed by atoms with Crippen LogP contribution in [0.3, 0.4) is 0 Å². The number of nitrogens with one attached hydrogen (secondary N) is 1. The van der Waals surface area contributed by atoms with Crippen molar-refractivity contribution >= 4 is 17.7 Å². The average molecular weight is 322 g/mol. The van der Waals surface area contributed by atoms with Crippen LogP contribution in [0.4, 0.5) is 4.39 Å². The number of carbonyl (C=O) groups excluding carboxylic acids is 1. The Hall–Kier alpha value is -1.07. The molecule has 1 aromatic carbocycles. The first-order valence-corrected chi connectivity index (χ1v) is 9.03. The number of rotatable bonds is 4. The van der Waals surface area contributed by atoms with Gasteiger partial charge >= 0.3 is 0 Å². The van der Waals surface area contributed by atoms with Crippen LogP contribution < -0.4 is 5.32 Å². The predicted molar refractivity (Wildman–Crippen MR) is 87.5 cm³/mol. The van der Waals surface area contributed by atoms with Crippen molar-refractivity contribution in [2.75, 3.05) is 31.9 Å². The molecule has 0 atom stereocenters. The fraction of sp³-hybridized carbons (Fsp3) is 0.588.